The van der Waals surface area contributed by atoms with Crippen molar-refractivity contribution < 1.29 is 9.15 Å². The molecule has 0 bridgehead atoms. The smallest absolute Gasteiger partial charge is 0.168 e. The SMILES string of the molecule is NCC(Oc1ccccc1I)c1ccco1. The van der Waals surface area contributed by atoms with E-state index in [0.717, 1.165) is 15.1 Å². The van der Waals surface area contributed by atoms with Gasteiger partial charge in [0.2, 0.25) is 0 Å². The number of hydrogen-bond acceptors (Lipinski definition) is 3. The molecular weight excluding hydrogens is 317 g/mol. The molecule has 1 unspecified atom stereocenters. The largest absolute Gasteiger partial charge is 0.480 e. The second kappa shape index (κ2) is 5.36. The molecule has 2 aromatic rings. The van der Waals surface area contributed by atoms with Crippen molar-refractivity contribution in [2.24, 2.45) is 5.73 Å². The number of ether oxygens (including phenoxy) is 1. The molecule has 1 aromatic carbocycles. The Labute approximate surface area is 108 Å². The monoisotopic (exact) mass is 329 g/mol. The maximum absolute atomic E-state index is 5.81. The molecule has 0 saturated carbocycles. The quantitative estimate of drug-likeness (QED) is 0.878. The predicted molar refractivity (Wildman–Crippen MR) is 70.3 cm³/mol. The number of halogens is 1. The zero-order valence-electron chi connectivity index (χ0n) is 8.60. The van der Waals surface area contributed by atoms with E-state index >= 15 is 0 Å². The molecule has 2 N–H and O–H groups in total. The summed E-state index contributed by atoms with van der Waals surface area (Å²) < 4.78 is 12.2. The van der Waals surface area contributed by atoms with E-state index in [1.807, 2.05) is 36.4 Å². The zero-order valence-corrected chi connectivity index (χ0v) is 10.8. The molecule has 4 heteroatoms. The first-order chi connectivity index (χ1) is 7.81. The summed E-state index contributed by atoms with van der Waals surface area (Å²) in [6.07, 6.45) is 1.39. The minimum absolute atomic E-state index is 0.231. The van der Waals surface area contributed by atoms with Crippen LogP contribution in [-0.4, -0.2) is 6.54 Å². The van der Waals surface area contributed by atoms with E-state index in [1.165, 1.54) is 0 Å². The molecule has 1 aromatic heterocycles. The van der Waals surface area contributed by atoms with Gasteiger partial charge in [-0.2, -0.15) is 0 Å². The highest BCUT2D eigenvalue weighted by Crippen LogP contribution is 2.26. The van der Waals surface area contributed by atoms with Gasteiger partial charge < -0.3 is 14.9 Å². The topological polar surface area (TPSA) is 48.4 Å². The highest BCUT2D eigenvalue weighted by Gasteiger charge is 2.15. The molecule has 84 valence electrons. The minimum atomic E-state index is -0.231. The summed E-state index contributed by atoms with van der Waals surface area (Å²) in [5.74, 6) is 1.58. The molecule has 0 fully saturated rings. The van der Waals surface area contributed by atoms with E-state index in [-0.39, 0.29) is 6.10 Å². The fourth-order valence-corrected chi connectivity index (χ4v) is 1.90. The normalized spacial score (nSPS) is 12.4. The Morgan fingerprint density at radius 2 is 2.06 bits per heavy atom. The Kier molecular flexibility index (Phi) is 3.84. The summed E-state index contributed by atoms with van der Waals surface area (Å²) in [4.78, 5) is 0. The number of benzene rings is 1. The lowest BCUT2D eigenvalue weighted by atomic mass is 10.2. The van der Waals surface area contributed by atoms with E-state index in [0.29, 0.717) is 6.54 Å². The third-order valence-electron chi connectivity index (χ3n) is 2.18. The van der Waals surface area contributed by atoms with Gasteiger partial charge in [-0.25, -0.2) is 0 Å². The van der Waals surface area contributed by atoms with Gasteiger partial charge in [-0.1, -0.05) is 12.1 Å². The van der Waals surface area contributed by atoms with Gasteiger partial charge in [0, 0.05) is 6.54 Å². The molecule has 1 heterocycles. The summed E-state index contributed by atoms with van der Waals surface area (Å²) in [5, 5.41) is 0. The van der Waals surface area contributed by atoms with Crippen LogP contribution in [0.25, 0.3) is 0 Å². The number of rotatable bonds is 4. The molecule has 0 amide bonds. The first-order valence-corrected chi connectivity index (χ1v) is 6.04. The van der Waals surface area contributed by atoms with Crippen LogP contribution in [0.5, 0.6) is 5.75 Å². The Morgan fingerprint density at radius 1 is 1.25 bits per heavy atom. The van der Waals surface area contributed by atoms with Crippen LogP contribution in [0.2, 0.25) is 0 Å². The van der Waals surface area contributed by atoms with Crippen molar-refractivity contribution in [3.63, 3.8) is 0 Å². The summed E-state index contributed by atoms with van der Waals surface area (Å²) in [6.45, 7) is 0.387. The molecule has 3 nitrogen and oxygen atoms in total. The van der Waals surface area contributed by atoms with Crippen molar-refractivity contribution in [3.8, 4) is 5.75 Å². The van der Waals surface area contributed by atoms with Crippen LogP contribution in [0, 0.1) is 3.57 Å². The van der Waals surface area contributed by atoms with Gasteiger partial charge in [0.1, 0.15) is 11.5 Å². The van der Waals surface area contributed by atoms with Crippen molar-refractivity contribution in [1.29, 1.82) is 0 Å². The van der Waals surface area contributed by atoms with Crippen LogP contribution < -0.4 is 10.5 Å². The van der Waals surface area contributed by atoms with E-state index in [4.69, 9.17) is 14.9 Å². The summed E-state index contributed by atoms with van der Waals surface area (Å²) in [6, 6.07) is 11.5. The second-order valence-electron chi connectivity index (χ2n) is 3.29. The summed E-state index contributed by atoms with van der Waals surface area (Å²) in [5.41, 5.74) is 5.67. The van der Waals surface area contributed by atoms with Crippen LogP contribution in [0.15, 0.2) is 47.1 Å². The van der Waals surface area contributed by atoms with Gasteiger partial charge in [-0.3, -0.25) is 0 Å². The highest BCUT2D eigenvalue weighted by atomic mass is 127. The summed E-state index contributed by atoms with van der Waals surface area (Å²) >= 11 is 2.23. The standard InChI is InChI=1S/C12H12INO2/c13-9-4-1-2-5-10(9)16-12(8-14)11-6-3-7-15-11/h1-7,12H,8,14H2. The Hall–Kier alpha value is -1.01. The van der Waals surface area contributed by atoms with Gasteiger partial charge in [0.05, 0.1) is 9.83 Å². The van der Waals surface area contributed by atoms with Crippen molar-refractivity contribution in [2.45, 2.75) is 6.10 Å². The van der Waals surface area contributed by atoms with Gasteiger partial charge in [0.15, 0.2) is 6.10 Å². The van der Waals surface area contributed by atoms with Crippen LogP contribution in [0.4, 0.5) is 0 Å². The molecular formula is C12H12INO2. The van der Waals surface area contributed by atoms with Crippen molar-refractivity contribution >= 4 is 22.6 Å². The summed E-state index contributed by atoms with van der Waals surface area (Å²) in [7, 11) is 0. The molecule has 16 heavy (non-hydrogen) atoms. The first kappa shape index (κ1) is 11.5. The average Bonchev–Trinajstić information content (AvgIpc) is 2.81. The molecule has 0 aliphatic carbocycles. The Morgan fingerprint density at radius 3 is 2.69 bits per heavy atom. The predicted octanol–water partition coefficient (Wildman–Crippen LogP) is 2.96. The van der Waals surface area contributed by atoms with E-state index in [9.17, 15) is 0 Å². The van der Waals surface area contributed by atoms with Crippen molar-refractivity contribution in [1.82, 2.24) is 0 Å². The molecule has 0 spiro atoms. The lowest BCUT2D eigenvalue weighted by Gasteiger charge is -2.16. The maximum atomic E-state index is 5.81. The van der Waals surface area contributed by atoms with E-state index in [2.05, 4.69) is 22.6 Å². The average molecular weight is 329 g/mol. The fraction of sp³-hybridized carbons (Fsp3) is 0.167. The van der Waals surface area contributed by atoms with Crippen LogP contribution in [0.3, 0.4) is 0 Å². The highest BCUT2D eigenvalue weighted by molar-refractivity contribution is 14.1. The number of nitrogens with two attached hydrogens (primary N) is 1. The third kappa shape index (κ3) is 2.56. The van der Waals surface area contributed by atoms with Gasteiger partial charge in [-0.05, 0) is 46.9 Å². The fourth-order valence-electron chi connectivity index (χ4n) is 1.39. The minimum Gasteiger partial charge on any atom is -0.480 e. The van der Waals surface area contributed by atoms with E-state index in [1.54, 1.807) is 6.26 Å². The van der Waals surface area contributed by atoms with Crippen LogP contribution >= 0.6 is 22.6 Å². The molecule has 0 aliphatic heterocycles. The third-order valence-corrected chi connectivity index (χ3v) is 3.07. The second-order valence-corrected chi connectivity index (χ2v) is 4.45. The lowest BCUT2D eigenvalue weighted by Crippen LogP contribution is -2.18. The number of hydrogen-bond donors (Lipinski definition) is 1. The molecule has 0 aliphatic rings. The lowest BCUT2D eigenvalue weighted by molar-refractivity contribution is 0.182. The van der Waals surface area contributed by atoms with Crippen molar-refractivity contribution in [3.05, 3.63) is 52.0 Å². The number of furan rings is 1. The van der Waals surface area contributed by atoms with E-state index < -0.39 is 0 Å². The molecule has 1 atom stereocenters. The Bertz CT molecular complexity index is 442. The molecule has 0 saturated heterocycles. The van der Waals surface area contributed by atoms with Crippen LogP contribution in [0.1, 0.15) is 11.9 Å². The zero-order chi connectivity index (χ0) is 11.4. The number of para-hydroxylation sites is 1. The Balaban J connectivity index is 2.17. The maximum Gasteiger partial charge on any atom is 0.168 e. The van der Waals surface area contributed by atoms with Gasteiger partial charge in [0.25, 0.3) is 0 Å². The van der Waals surface area contributed by atoms with Gasteiger partial charge >= 0.3 is 0 Å². The molecule has 0 radical (unpaired) electrons. The molecule has 2 rings (SSSR count). The van der Waals surface area contributed by atoms with Crippen molar-refractivity contribution in [2.75, 3.05) is 6.54 Å². The van der Waals surface area contributed by atoms with Gasteiger partial charge in [-0.15, -0.1) is 0 Å². The first-order valence-electron chi connectivity index (χ1n) is 4.96. The van der Waals surface area contributed by atoms with Crippen LogP contribution in [-0.2, 0) is 0 Å².